The quantitative estimate of drug-likeness (QED) is 0.377. The van der Waals surface area contributed by atoms with Crippen LogP contribution in [0.3, 0.4) is 0 Å². The Morgan fingerprint density at radius 1 is 0.645 bits per heavy atom. The van der Waals surface area contributed by atoms with E-state index in [2.05, 4.69) is 59.7 Å². The zero-order valence-corrected chi connectivity index (χ0v) is 20.5. The van der Waals surface area contributed by atoms with Crippen LogP contribution in [0, 0.1) is 0 Å². The maximum absolute atomic E-state index is 6.63. The van der Waals surface area contributed by atoms with E-state index in [9.17, 15) is 0 Å². The average Bonchev–Trinajstić information content (AvgIpc) is 2.72. The summed E-state index contributed by atoms with van der Waals surface area (Å²) in [7, 11) is 0.213. The predicted octanol–water partition coefficient (Wildman–Crippen LogP) is 7.39. The zero-order valence-electron chi connectivity index (χ0n) is 19.6. The smallest absolute Gasteiger partial charge is 0.329 e. The molecule has 0 saturated heterocycles. The van der Waals surface area contributed by atoms with Gasteiger partial charge < -0.3 is 13.8 Å². The summed E-state index contributed by atoms with van der Waals surface area (Å²) in [6, 6.07) is 24.2. The summed E-state index contributed by atoms with van der Waals surface area (Å²) in [5.41, 5.74) is 2.44. The fraction of sp³-hybridized carbons (Fsp3) is 0.333. The van der Waals surface area contributed by atoms with Gasteiger partial charge in [0.1, 0.15) is 17.2 Å². The molecule has 3 nitrogen and oxygen atoms in total. The van der Waals surface area contributed by atoms with Crippen LogP contribution in [-0.2, 0) is 10.8 Å². The maximum atomic E-state index is 6.63. The minimum atomic E-state index is -1.46. The normalized spacial score (nSPS) is 12.9. The van der Waals surface area contributed by atoms with Crippen molar-refractivity contribution < 1.29 is 13.8 Å². The van der Waals surface area contributed by atoms with Crippen molar-refractivity contribution in [2.24, 2.45) is 0 Å². The van der Waals surface area contributed by atoms with E-state index in [-0.39, 0.29) is 10.8 Å². The lowest BCUT2D eigenvalue weighted by molar-refractivity contribution is 0.415. The summed E-state index contributed by atoms with van der Waals surface area (Å²) in [6.45, 7) is 13.3. The van der Waals surface area contributed by atoms with E-state index in [0.717, 1.165) is 22.6 Å². The molecule has 0 aliphatic carbocycles. The van der Waals surface area contributed by atoms with Crippen LogP contribution >= 0.6 is 8.38 Å². The number of para-hydroxylation sites is 2. The maximum Gasteiger partial charge on any atom is 0.329 e. The standard InChI is InChI=1S/C27H33O3P/c1-26(2,3)20-17-18-23(22(19-20)27(4,5)6)30-31(29-21-13-9-8-10-14-21)25-16-12-11-15-24(25)28-7/h8-19H,1-7H3. The van der Waals surface area contributed by atoms with Gasteiger partial charge in [0.2, 0.25) is 0 Å². The molecule has 0 amide bonds. The Bertz CT molecular complexity index is 1000. The number of hydrogen-bond donors (Lipinski definition) is 0. The highest BCUT2D eigenvalue weighted by atomic mass is 31.2. The van der Waals surface area contributed by atoms with Crippen molar-refractivity contribution in [1.29, 1.82) is 0 Å². The van der Waals surface area contributed by atoms with Gasteiger partial charge in [0.15, 0.2) is 0 Å². The lowest BCUT2D eigenvalue weighted by Crippen LogP contribution is -2.19. The average molecular weight is 437 g/mol. The molecule has 3 aromatic rings. The summed E-state index contributed by atoms with van der Waals surface area (Å²) in [5, 5.41) is 0.906. The van der Waals surface area contributed by atoms with E-state index in [4.69, 9.17) is 13.8 Å². The van der Waals surface area contributed by atoms with Gasteiger partial charge in [0, 0.05) is 5.56 Å². The van der Waals surface area contributed by atoms with Crippen molar-refractivity contribution >= 4 is 13.7 Å². The van der Waals surface area contributed by atoms with Crippen molar-refractivity contribution in [2.45, 2.75) is 52.4 Å². The summed E-state index contributed by atoms with van der Waals surface area (Å²) >= 11 is 0. The number of ether oxygens (including phenoxy) is 1. The molecule has 0 bridgehead atoms. The van der Waals surface area contributed by atoms with Gasteiger partial charge in [0.25, 0.3) is 0 Å². The Labute approximate surface area is 188 Å². The SMILES string of the molecule is COc1ccccc1P(Oc1ccccc1)Oc1ccc(C(C)(C)C)cc1C(C)(C)C. The number of rotatable bonds is 6. The summed E-state index contributed by atoms with van der Waals surface area (Å²) in [5.74, 6) is 2.37. The molecule has 1 unspecified atom stereocenters. The van der Waals surface area contributed by atoms with Crippen molar-refractivity contribution in [3.8, 4) is 17.2 Å². The van der Waals surface area contributed by atoms with Gasteiger partial charge in [-0.1, -0.05) is 84.0 Å². The third-order valence-electron chi connectivity index (χ3n) is 5.05. The molecule has 0 aromatic heterocycles. The molecule has 0 saturated carbocycles. The van der Waals surface area contributed by atoms with Gasteiger partial charge in [-0.15, -0.1) is 0 Å². The number of benzene rings is 3. The van der Waals surface area contributed by atoms with Crippen LogP contribution in [0.2, 0.25) is 0 Å². The van der Waals surface area contributed by atoms with Crippen LogP contribution in [0.1, 0.15) is 52.7 Å². The Balaban J connectivity index is 2.07. The Morgan fingerprint density at radius 3 is 1.90 bits per heavy atom. The first kappa shape index (κ1) is 23.2. The first-order valence-corrected chi connectivity index (χ1v) is 11.8. The van der Waals surface area contributed by atoms with Gasteiger partial charge in [0.05, 0.1) is 12.4 Å². The highest BCUT2D eigenvalue weighted by Crippen LogP contribution is 2.45. The first-order chi connectivity index (χ1) is 14.6. The Kier molecular flexibility index (Phi) is 6.96. The predicted molar refractivity (Wildman–Crippen MR) is 131 cm³/mol. The molecule has 0 aliphatic heterocycles. The molecule has 3 rings (SSSR count). The summed E-state index contributed by atoms with van der Waals surface area (Å²) in [4.78, 5) is 0. The van der Waals surface area contributed by atoms with E-state index in [1.54, 1.807) is 7.11 Å². The van der Waals surface area contributed by atoms with Crippen LogP contribution in [0.15, 0.2) is 72.8 Å². The first-order valence-electron chi connectivity index (χ1n) is 10.6. The van der Waals surface area contributed by atoms with Crippen LogP contribution in [-0.4, -0.2) is 7.11 Å². The van der Waals surface area contributed by atoms with E-state index < -0.39 is 8.38 Å². The van der Waals surface area contributed by atoms with E-state index >= 15 is 0 Å². The topological polar surface area (TPSA) is 27.7 Å². The second-order valence-corrected chi connectivity index (χ2v) is 11.0. The minimum Gasteiger partial charge on any atom is -0.496 e. The molecular formula is C27H33O3P. The van der Waals surface area contributed by atoms with E-state index in [0.29, 0.717) is 0 Å². The van der Waals surface area contributed by atoms with Crippen LogP contribution in [0.5, 0.6) is 17.2 Å². The second kappa shape index (κ2) is 9.32. The van der Waals surface area contributed by atoms with E-state index in [1.165, 1.54) is 11.1 Å². The van der Waals surface area contributed by atoms with Crippen molar-refractivity contribution in [2.75, 3.05) is 7.11 Å². The fourth-order valence-corrected chi connectivity index (χ4v) is 4.66. The van der Waals surface area contributed by atoms with Crippen LogP contribution < -0.4 is 19.1 Å². The highest BCUT2D eigenvalue weighted by Gasteiger charge is 2.28. The lowest BCUT2D eigenvalue weighted by Gasteiger charge is -2.29. The number of hydrogen-bond acceptors (Lipinski definition) is 3. The zero-order chi connectivity index (χ0) is 22.6. The fourth-order valence-electron chi connectivity index (χ4n) is 3.23. The molecule has 0 spiro atoms. The lowest BCUT2D eigenvalue weighted by atomic mass is 9.80. The largest absolute Gasteiger partial charge is 0.496 e. The van der Waals surface area contributed by atoms with Crippen LogP contribution in [0.25, 0.3) is 0 Å². The molecule has 0 N–H and O–H groups in total. The molecule has 0 aliphatic rings. The molecular weight excluding hydrogens is 403 g/mol. The van der Waals surface area contributed by atoms with Gasteiger partial charge >= 0.3 is 8.38 Å². The van der Waals surface area contributed by atoms with Crippen molar-refractivity contribution in [1.82, 2.24) is 0 Å². The summed E-state index contributed by atoms with van der Waals surface area (Å²) < 4.78 is 18.6. The van der Waals surface area contributed by atoms with Gasteiger partial charge in [-0.2, -0.15) is 0 Å². The summed E-state index contributed by atoms with van der Waals surface area (Å²) in [6.07, 6.45) is 0. The van der Waals surface area contributed by atoms with Crippen LogP contribution in [0.4, 0.5) is 0 Å². The van der Waals surface area contributed by atoms with Gasteiger partial charge in [-0.05, 0) is 46.7 Å². The van der Waals surface area contributed by atoms with Crippen molar-refractivity contribution in [3.05, 3.63) is 83.9 Å². The second-order valence-electron chi connectivity index (χ2n) is 9.64. The van der Waals surface area contributed by atoms with Gasteiger partial charge in [-0.25, -0.2) is 0 Å². The monoisotopic (exact) mass is 436 g/mol. The molecule has 31 heavy (non-hydrogen) atoms. The molecule has 0 radical (unpaired) electrons. The molecule has 1 atom stereocenters. The molecule has 0 heterocycles. The third kappa shape index (κ3) is 5.80. The van der Waals surface area contributed by atoms with E-state index in [1.807, 2.05) is 54.6 Å². The number of methoxy groups -OCH3 is 1. The third-order valence-corrected chi connectivity index (χ3v) is 6.55. The molecule has 0 fully saturated rings. The molecule has 164 valence electrons. The molecule has 4 heteroatoms. The van der Waals surface area contributed by atoms with Crippen molar-refractivity contribution in [3.63, 3.8) is 0 Å². The molecule has 3 aromatic carbocycles. The highest BCUT2D eigenvalue weighted by molar-refractivity contribution is 7.57. The Morgan fingerprint density at radius 2 is 1.29 bits per heavy atom. The Hall–Kier alpha value is -2.51. The van der Waals surface area contributed by atoms with Gasteiger partial charge in [-0.3, -0.25) is 0 Å². The minimum absolute atomic E-state index is 0.0620.